The number of nitrogens with one attached hydrogen (secondary N) is 3. The van der Waals surface area contributed by atoms with Crippen LogP contribution in [0, 0.1) is 0 Å². The number of hydrogen-bond acceptors (Lipinski definition) is 7. The predicted molar refractivity (Wildman–Crippen MR) is 169 cm³/mol. The Morgan fingerprint density at radius 3 is 2.29 bits per heavy atom. The van der Waals surface area contributed by atoms with Gasteiger partial charge in [0.1, 0.15) is 17.3 Å². The third kappa shape index (κ3) is 6.77. The van der Waals surface area contributed by atoms with Gasteiger partial charge in [0.05, 0.1) is 23.9 Å². The fourth-order valence-corrected chi connectivity index (χ4v) is 4.70. The zero-order chi connectivity index (χ0) is 28.4. The molecule has 5 aromatic rings. The highest BCUT2D eigenvalue weighted by Crippen LogP contribution is 2.36. The minimum atomic E-state index is 0.636. The number of nitrogens with zero attached hydrogens (tertiary/aromatic N) is 4. The highest BCUT2D eigenvalue weighted by molar-refractivity contribution is 5.92. The summed E-state index contributed by atoms with van der Waals surface area (Å²) in [5.74, 6) is 2.46. The molecule has 0 aliphatic rings. The molecule has 8 nitrogen and oxygen atoms in total. The maximum atomic E-state index is 5.27. The molecule has 0 fully saturated rings. The van der Waals surface area contributed by atoms with Crippen LogP contribution in [0.3, 0.4) is 0 Å². The number of hydrogen-bond donors (Lipinski definition) is 3. The standard InChI is InChI=1S/C33H39N7O/c1-4-6-20-34-30-10-8-9-29-31(28-19-22-36-33(38-28)35-21-7-5-2)32(39-40(29)30)25-13-15-26(16-14-25)37-23-24-11-17-27(41-3)18-12-24/h8-19,22,34,37H,4-7,20-21,23H2,1-3H3,(H,35,36,38). The van der Waals surface area contributed by atoms with E-state index in [0.29, 0.717) is 5.95 Å². The van der Waals surface area contributed by atoms with Crippen molar-refractivity contribution in [3.63, 3.8) is 0 Å². The maximum Gasteiger partial charge on any atom is 0.223 e. The first-order chi connectivity index (χ1) is 20.2. The average molecular weight is 550 g/mol. The summed E-state index contributed by atoms with van der Waals surface area (Å²) in [5, 5.41) is 15.6. The van der Waals surface area contributed by atoms with Gasteiger partial charge in [-0.3, -0.25) is 0 Å². The first-order valence-corrected chi connectivity index (χ1v) is 14.5. The van der Waals surface area contributed by atoms with Crippen molar-refractivity contribution in [3.05, 3.63) is 84.6 Å². The lowest BCUT2D eigenvalue weighted by atomic mass is 10.0. The fraction of sp³-hybridized carbons (Fsp3) is 0.303. The molecular weight excluding hydrogens is 510 g/mol. The van der Waals surface area contributed by atoms with Gasteiger partial charge in [-0.1, -0.05) is 57.0 Å². The Labute approximate surface area is 242 Å². The van der Waals surface area contributed by atoms with Gasteiger partial charge in [-0.05, 0) is 60.9 Å². The molecule has 41 heavy (non-hydrogen) atoms. The lowest BCUT2D eigenvalue weighted by Gasteiger charge is -2.09. The molecule has 5 rings (SSSR count). The Balaban J connectivity index is 1.48. The van der Waals surface area contributed by atoms with Gasteiger partial charge in [0.2, 0.25) is 5.95 Å². The minimum absolute atomic E-state index is 0.636. The Hall–Kier alpha value is -4.59. The number of ether oxygens (including phenoxy) is 1. The molecule has 3 N–H and O–H groups in total. The highest BCUT2D eigenvalue weighted by atomic mass is 16.5. The van der Waals surface area contributed by atoms with Crippen molar-refractivity contribution in [1.29, 1.82) is 0 Å². The molecule has 0 saturated heterocycles. The highest BCUT2D eigenvalue weighted by Gasteiger charge is 2.19. The number of pyridine rings is 1. The van der Waals surface area contributed by atoms with E-state index in [0.717, 1.165) is 90.6 Å². The molecule has 8 heteroatoms. The van der Waals surface area contributed by atoms with Crippen molar-refractivity contribution < 1.29 is 4.74 Å². The van der Waals surface area contributed by atoms with Crippen LogP contribution in [-0.2, 0) is 6.54 Å². The summed E-state index contributed by atoms with van der Waals surface area (Å²) in [6, 6.07) is 24.8. The molecule has 2 aromatic carbocycles. The number of unbranched alkanes of at least 4 members (excludes halogenated alkanes) is 2. The summed E-state index contributed by atoms with van der Waals surface area (Å²) in [6.45, 7) is 6.84. The maximum absolute atomic E-state index is 5.27. The first kappa shape index (κ1) is 28.0. The normalized spacial score (nSPS) is 11.0. The van der Waals surface area contributed by atoms with Gasteiger partial charge in [0, 0.05) is 37.1 Å². The van der Waals surface area contributed by atoms with Gasteiger partial charge in [-0.2, -0.15) is 5.10 Å². The van der Waals surface area contributed by atoms with Crippen LogP contribution in [-0.4, -0.2) is 39.8 Å². The van der Waals surface area contributed by atoms with Gasteiger partial charge in [0.25, 0.3) is 0 Å². The number of rotatable bonds is 14. The van der Waals surface area contributed by atoms with Gasteiger partial charge in [-0.15, -0.1) is 0 Å². The van der Waals surface area contributed by atoms with Crippen LogP contribution in [0.1, 0.15) is 45.1 Å². The van der Waals surface area contributed by atoms with Crippen LogP contribution in [0.4, 0.5) is 17.5 Å². The molecule has 0 aliphatic heterocycles. The largest absolute Gasteiger partial charge is 0.497 e. The average Bonchev–Trinajstić information content (AvgIpc) is 3.41. The Morgan fingerprint density at radius 1 is 0.805 bits per heavy atom. The van der Waals surface area contributed by atoms with E-state index in [2.05, 4.69) is 89.4 Å². The monoisotopic (exact) mass is 549 g/mol. The van der Waals surface area contributed by atoms with E-state index in [1.54, 1.807) is 7.11 Å². The van der Waals surface area contributed by atoms with E-state index in [1.165, 1.54) is 5.56 Å². The smallest absolute Gasteiger partial charge is 0.223 e. The van der Waals surface area contributed by atoms with E-state index >= 15 is 0 Å². The summed E-state index contributed by atoms with van der Waals surface area (Å²) in [4.78, 5) is 9.36. The molecule has 0 unspecified atom stereocenters. The summed E-state index contributed by atoms with van der Waals surface area (Å²) in [7, 11) is 1.68. The van der Waals surface area contributed by atoms with Gasteiger partial charge in [0.15, 0.2) is 0 Å². The summed E-state index contributed by atoms with van der Waals surface area (Å²) < 4.78 is 7.27. The van der Waals surface area contributed by atoms with Crippen LogP contribution >= 0.6 is 0 Å². The van der Waals surface area contributed by atoms with E-state index in [9.17, 15) is 0 Å². The molecule has 0 saturated carbocycles. The fourth-order valence-electron chi connectivity index (χ4n) is 4.70. The molecule has 3 heterocycles. The summed E-state index contributed by atoms with van der Waals surface area (Å²) in [6.07, 6.45) is 6.23. The number of methoxy groups -OCH3 is 1. The third-order valence-electron chi connectivity index (χ3n) is 7.03. The predicted octanol–water partition coefficient (Wildman–Crippen LogP) is 7.50. The Bertz CT molecular complexity index is 1540. The molecule has 0 spiro atoms. The van der Waals surface area contributed by atoms with Gasteiger partial charge in [-0.25, -0.2) is 14.5 Å². The van der Waals surface area contributed by atoms with Gasteiger partial charge >= 0.3 is 0 Å². The molecule has 0 radical (unpaired) electrons. The quantitative estimate of drug-likeness (QED) is 0.124. The van der Waals surface area contributed by atoms with E-state index in [1.807, 2.05) is 28.9 Å². The second-order valence-corrected chi connectivity index (χ2v) is 10.0. The Kier molecular flexibility index (Phi) is 9.31. The number of benzene rings is 2. The van der Waals surface area contributed by atoms with Crippen LogP contribution in [0.2, 0.25) is 0 Å². The lowest BCUT2D eigenvalue weighted by Crippen LogP contribution is -2.06. The SMILES string of the molecule is CCCCNc1nccc(-c2c(-c3ccc(NCc4ccc(OC)cc4)cc3)nn3c(NCCCC)cccc23)n1. The molecule has 212 valence electrons. The molecule has 3 aromatic heterocycles. The zero-order valence-electron chi connectivity index (χ0n) is 24.2. The van der Waals surface area contributed by atoms with Crippen molar-refractivity contribution in [1.82, 2.24) is 19.6 Å². The van der Waals surface area contributed by atoms with Gasteiger partial charge < -0.3 is 20.7 Å². The number of fused-ring (bicyclic) bond motifs is 1. The van der Waals surface area contributed by atoms with E-state index in [4.69, 9.17) is 14.8 Å². The minimum Gasteiger partial charge on any atom is -0.497 e. The van der Waals surface area contributed by atoms with Crippen molar-refractivity contribution in [3.8, 4) is 28.3 Å². The first-order valence-electron chi connectivity index (χ1n) is 14.5. The van der Waals surface area contributed by atoms with Crippen LogP contribution < -0.4 is 20.7 Å². The third-order valence-corrected chi connectivity index (χ3v) is 7.03. The van der Waals surface area contributed by atoms with Crippen molar-refractivity contribution in [2.24, 2.45) is 0 Å². The topological polar surface area (TPSA) is 88.4 Å². The number of anilines is 3. The summed E-state index contributed by atoms with van der Waals surface area (Å²) >= 11 is 0. The van der Waals surface area contributed by atoms with Crippen LogP contribution in [0.25, 0.3) is 28.0 Å². The molecule has 0 bridgehead atoms. The molecule has 0 atom stereocenters. The Morgan fingerprint density at radius 2 is 1.56 bits per heavy atom. The molecule has 0 amide bonds. The van der Waals surface area contributed by atoms with E-state index < -0.39 is 0 Å². The lowest BCUT2D eigenvalue weighted by molar-refractivity contribution is 0.414. The van der Waals surface area contributed by atoms with Crippen molar-refractivity contribution in [2.45, 2.75) is 46.1 Å². The second kappa shape index (κ2) is 13.7. The second-order valence-electron chi connectivity index (χ2n) is 10.0. The van der Waals surface area contributed by atoms with Crippen molar-refractivity contribution in [2.75, 3.05) is 36.1 Å². The van der Waals surface area contributed by atoms with Crippen molar-refractivity contribution >= 4 is 23.0 Å². The zero-order valence-corrected chi connectivity index (χ0v) is 24.2. The molecular formula is C33H39N7O. The molecule has 0 aliphatic carbocycles. The van der Waals surface area contributed by atoms with E-state index in [-0.39, 0.29) is 0 Å². The number of aromatic nitrogens is 4. The summed E-state index contributed by atoms with van der Waals surface area (Å²) in [5.41, 5.74) is 6.97. The van der Waals surface area contributed by atoms with Crippen LogP contribution in [0.5, 0.6) is 5.75 Å². The van der Waals surface area contributed by atoms with Crippen LogP contribution in [0.15, 0.2) is 79.0 Å².